The summed E-state index contributed by atoms with van der Waals surface area (Å²) in [7, 11) is 0. The van der Waals surface area contributed by atoms with Gasteiger partial charge in [0, 0.05) is 5.02 Å². The first-order valence-electron chi connectivity index (χ1n) is 7.98. The fourth-order valence-corrected chi connectivity index (χ4v) is 2.82. The molecule has 0 radical (unpaired) electrons. The van der Waals surface area contributed by atoms with Crippen molar-refractivity contribution in [2.45, 2.75) is 46.0 Å². The average Bonchev–Trinajstić information content (AvgIpc) is 2.50. The van der Waals surface area contributed by atoms with E-state index < -0.39 is 0 Å². The van der Waals surface area contributed by atoms with Gasteiger partial charge in [0.2, 0.25) is 0 Å². The second kappa shape index (κ2) is 8.24. The lowest BCUT2D eigenvalue weighted by Gasteiger charge is -2.15. The van der Waals surface area contributed by atoms with Crippen LogP contribution in [0.2, 0.25) is 5.02 Å². The quantitative estimate of drug-likeness (QED) is 0.537. The van der Waals surface area contributed by atoms with Crippen LogP contribution in [0.4, 0.5) is 0 Å². The minimum atomic E-state index is 0.779. The number of aryl methyl sites for hydroxylation is 1. The van der Waals surface area contributed by atoms with Crippen molar-refractivity contribution in [1.82, 2.24) is 0 Å². The van der Waals surface area contributed by atoms with Gasteiger partial charge in [-0.3, -0.25) is 0 Å². The molecule has 0 saturated heterocycles. The van der Waals surface area contributed by atoms with Gasteiger partial charge in [-0.2, -0.15) is 0 Å². The van der Waals surface area contributed by atoms with Gasteiger partial charge >= 0.3 is 0 Å². The summed E-state index contributed by atoms with van der Waals surface area (Å²) in [6.07, 6.45) is 7.44. The van der Waals surface area contributed by atoms with Gasteiger partial charge in [-0.25, -0.2) is 0 Å². The molecule has 0 unspecified atom stereocenters. The SMILES string of the molecule is CC1CCCCC1.Cc1ccc(-c2ccc(Cl)cc2)cc1. The summed E-state index contributed by atoms with van der Waals surface area (Å²) in [5.74, 6) is 1.04. The standard InChI is InChI=1S/C13H11Cl.C7H14/c1-10-2-4-11(5-3-10)12-6-8-13(14)9-7-12;1-7-5-3-2-4-6-7/h2-9H,1H3;7H,2-6H2,1H3. The van der Waals surface area contributed by atoms with E-state index in [1.807, 2.05) is 24.3 Å². The highest BCUT2D eigenvalue weighted by Crippen LogP contribution is 2.22. The molecule has 2 aromatic carbocycles. The van der Waals surface area contributed by atoms with Crippen molar-refractivity contribution in [1.29, 1.82) is 0 Å². The van der Waals surface area contributed by atoms with Crippen molar-refractivity contribution >= 4 is 11.6 Å². The van der Waals surface area contributed by atoms with E-state index in [1.54, 1.807) is 0 Å². The van der Waals surface area contributed by atoms with Gasteiger partial charge in [0.1, 0.15) is 0 Å². The summed E-state index contributed by atoms with van der Waals surface area (Å²) >= 11 is 5.82. The molecule has 0 N–H and O–H groups in total. The first-order valence-corrected chi connectivity index (χ1v) is 8.35. The Hall–Kier alpha value is -1.27. The molecule has 0 bridgehead atoms. The molecule has 2 aromatic rings. The highest BCUT2D eigenvalue weighted by molar-refractivity contribution is 6.30. The third-order valence-electron chi connectivity index (χ3n) is 4.12. The van der Waals surface area contributed by atoms with E-state index in [0.29, 0.717) is 0 Å². The molecule has 0 aliphatic heterocycles. The van der Waals surface area contributed by atoms with E-state index in [0.717, 1.165) is 10.9 Å². The molecule has 1 saturated carbocycles. The second-order valence-electron chi connectivity index (χ2n) is 6.12. The number of hydrogen-bond acceptors (Lipinski definition) is 0. The van der Waals surface area contributed by atoms with Gasteiger partial charge in [-0.1, -0.05) is 92.6 Å². The van der Waals surface area contributed by atoms with Crippen LogP contribution in [0.1, 0.15) is 44.6 Å². The molecule has 0 nitrogen and oxygen atoms in total. The highest BCUT2D eigenvalue weighted by atomic mass is 35.5. The predicted octanol–water partition coefficient (Wildman–Crippen LogP) is 6.90. The summed E-state index contributed by atoms with van der Waals surface area (Å²) in [6, 6.07) is 16.4. The van der Waals surface area contributed by atoms with E-state index in [9.17, 15) is 0 Å². The smallest absolute Gasteiger partial charge is 0.0406 e. The molecule has 3 rings (SSSR count). The molecule has 1 aliphatic rings. The zero-order valence-electron chi connectivity index (χ0n) is 13.1. The molecular weight excluding hydrogens is 276 g/mol. The number of rotatable bonds is 1. The lowest BCUT2D eigenvalue weighted by molar-refractivity contribution is 0.385. The molecule has 0 heterocycles. The Labute approximate surface area is 134 Å². The first-order chi connectivity index (χ1) is 10.1. The Morgan fingerprint density at radius 3 is 1.67 bits per heavy atom. The predicted molar refractivity (Wildman–Crippen MR) is 93.9 cm³/mol. The fourth-order valence-electron chi connectivity index (χ4n) is 2.70. The van der Waals surface area contributed by atoms with Crippen molar-refractivity contribution in [2.75, 3.05) is 0 Å². The maximum absolute atomic E-state index is 5.82. The van der Waals surface area contributed by atoms with Crippen molar-refractivity contribution < 1.29 is 0 Å². The van der Waals surface area contributed by atoms with Gasteiger partial charge in [0.05, 0.1) is 0 Å². The number of benzene rings is 2. The molecule has 0 atom stereocenters. The van der Waals surface area contributed by atoms with Crippen molar-refractivity contribution in [3.8, 4) is 11.1 Å². The van der Waals surface area contributed by atoms with Gasteiger partial charge in [0.15, 0.2) is 0 Å². The van der Waals surface area contributed by atoms with Crippen LogP contribution in [-0.4, -0.2) is 0 Å². The molecule has 0 spiro atoms. The van der Waals surface area contributed by atoms with Crippen molar-refractivity contribution in [3.63, 3.8) is 0 Å². The molecule has 1 heteroatoms. The van der Waals surface area contributed by atoms with Crippen LogP contribution in [0.3, 0.4) is 0 Å². The summed E-state index contributed by atoms with van der Waals surface area (Å²) in [5, 5.41) is 0.779. The van der Waals surface area contributed by atoms with Crippen LogP contribution in [0.15, 0.2) is 48.5 Å². The third kappa shape index (κ3) is 5.55. The zero-order chi connectivity index (χ0) is 15.1. The van der Waals surface area contributed by atoms with Crippen LogP contribution in [0.5, 0.6) is 0 Å². The molecule has 21 heavy (non-hydrogen) atoms. The van der Waals surface area contributed by atoms with Crippen LogP contribution in [0, 0.1) is 12.8 Å². The summed E-state index contributed by atoms with van der Waals surface area (Å²) in [6.45, 7) is 4.45. The zero-order valence-corrected chi connectivity index (χ0v) is 13.9. The third-order valence-corrected chi connectivity index (χ3v) is 4.37. The van der Waals surface area contributed by atoms with Gasteiger partial charge in [-0.05, 0) is 36.1 Å². The Kier molecular flexibility index (Phi) is 6.32. The molecule has 1 fully saturated rings. The van der Waals surface area contributed by atoms with Gasteiger partial charge in [-0.15, -0.1) is 0 Å². The maximum Gasteiger partial charge on any atom is 0.0406 e. The molecule has 112 valence electrons. The monoisotopic (exact) mass is 300 g/mol. The molecular formula is C20H25Cl. The first kappa shape index (κ1) is 16.1. The maximum atomic E-state index is 5.82. The van der Waals surface area contributed by atoms with Crippen LogP contribution in [0.25, 0.3) is 11.1 Å². The fraction of sp³-hybridized carbons (Fsp3) is 0.400. The molecule has 1 aliphatic carbocycles. The lowest BCUT2D eigenvalue weighted by Crippen LogP contribution is -1.99. The number of hydrogen-bond donors (Lipinski definition) is 0. The normalized spacial score (nSPS) is 15.2. The van der Waals surface area contributed by atoms with E-state index in [4.69, 9.17) is 11.6 Å². The van der Waals surface area contributed by atoms with E-state index >= 15 is 0 Å². The Bertz CT molecular complexity index is 475. The summed E-state index contributed by atoms with van der Waals surface area (Å²) < 4.78 is 0. The van der Waals surface area contributed by atoms with E-state index in [2.05, 4.69) is 38.1 Å². The van der Waals surface area contributed by atoms with E-state index in [-0.39, 0.29) is 0 Å². The minimum Gasteiger partial charge on any atom is -0.0843 e. The molecule has 0 amide bonds. The Morgan fingerprint density at radius 2 is 1.24 bits per heavy atom. The van der Waals surface area contributed by atoms with Crippen LogP contribution < -0.4 is 0 Å². The van der Waals surface area contributed by atoms with Crippen molar-refractivity contribution in [2.24, 2.45) is 5.92 Å². The Balaban J connectivity index is 0.000000194. The van der Waals surface area contributed by atoms with Gasteiger partial charge < -0.3 is 0 Å². The van der Waals surface area contributed by atoms with Crippen molar-refractivity contribution in [3.05, 3.63) is 59.1 Å². The summed E-state index contributed by atoms with van der Waals surface area (Å²) in [4.78, 5) is 0. The largest absolute Gasteiger partial charge is 0.0843 e. The molecule has 0 aromatic heterocycles. The highest BCUT2D eigenvalue weighted by Gasteiger charge is 2.05. The number of halogens is 1. The van der Waals surface area contributed by atoms with E-state index in [1.165, 1.54) is 48.8 Å². The topological polar surface area (TPSA) is 0 Å². The van der Waals surface area contributed by atoms with Crippen LogP contribution in [-0.2, 0) is 0 Å². The average molecular weight is 301 g/mol. The Morgan fingerprint density at radius 1 is 0.762 bits per heavy atom. The van der Waals surface area contributed by atoms with Gasteiger partial charge in [0.25, 0.3) is 0 Å². The lowest BCUT2D eigenvalue weighted by atomic mass is 9.91. The summed E-state index contributed by atoms with van der Waals surface area (Å²) in [5.41, 5.74) is 3.71. The van der Waals surface area contributed by atoms with Crippen LogP contribution >= 0.6 is 11.6 Å². The second-order valence-corrected chi connectivity index (χ2v) is 6.55. The minimum absolute atomic E-state index is 0.779.